The number of nitrogens with zero attached hydrogens (tertiary/aromatic N) is 4. The highest BCUT2D eigenvalue weighted by molar-refractivity contribution is 7.17. The van der Waals surface area contributed by atoms with Gasteiger partial charge in [0.2, 0.25) is 0 Å². The van der Waals surface area contributed by atoms with Crippen molar-refractivity contribution in [1.29, 1.82) is 0 Å². The molecule has 2 aromatic carbocycles. The molecule has 1 aliphatic rings. The number of hydrogen-bond donors (Lipinski definition) is 1. The highest BCUT2D eigenvalue weighted by atomic mass is 32.1. The van der Waals surface area contributed by atoms with Crippen LogP contribution in [-0.4, -0.2) is 16.3 Å². The Hall–Kier alpha value is -3.97. The Morgan fingerprint density at radius 1 is 1.00 bits per heavy atom. The van der Waals surface area contributed by atoms with E-state index in [1.54, 1.807) is 17.4 Å². The van der Waals surface area contributed by atoms with Crippen LogP contribution < -0.4 is 15.4 Å². The van der Waals surface area contributed by atoms with Crippen molar-refractivity contribution in [3.05, 3.63) is 94.3 Å². The first-order chi connectivity index (χ1) is 17.5. The fraction of sp³-hybridized carbons (Fsp3) is 0.207. The fourth-order valence-electron chi connectivity index (χ4n) is 4.11. The van der Waals surface area contributed by atoms with Crippen LogP contribution in [0.3, 0.4) is 0 Å². The number of fused-ring (bicyclic) bond motifs is 1. The molecule has 0 spiro atoms. The summed E-state index contributed by atoms with van der Waals surface area (Å²) in [5.74, 6) is 1.79. The summed E-state index contributed by atoms with van der Waals surface area (Å²) >= 11 is 1.77. The second kappa shape index (κ2) is 10.3. The number of allylic oxidation sites excluding steroid dienone is 1. The molecule has 2 N–H and O–H groups in total. The number of hydrogen-bond acceptors (Lipinski definition) is 7. The largest absolute Gasteiger partial charge is 0.486 e. The van der Waals surface area contributed by atoms with Gasteiger partial charge < -0.3 is 15.4 Å². The average molecular weight is 496 g/mol. The number of aryl methyl sites for hydroxylation is 2. The molecule has 1 aliphatic heterocycles. The molecule has 0 aliphatic carbocycles. The van der Waals surface area contributed by atoms with Crippen molar-refractivity contribution in [2.75, 3.05) is 10.6 Å². The number of rotatable bonds is 7. The summed E-state index contributed by atoms with van der Waals surface area (Å²) in [6, 6.07) is 20.8. The van der Waals surface area contributed by atoms with Gasteiger partial charge in [-0.2, -0.15) is 0 Å². The predicted molar refractivity (Wildman–Crippen MR) is 149 cm³/mol. The SMILES string of the molecule is CCC=C1N=CN(Cc2ccc(C)cc2)c2cc(-c3ccc(OCc4nc(C)cc(N)n4)cc3)sc21. The number of aromatic nitrogens is 2. The fourth-order valence-corrected chi connectivity index (χ4v) is 5.28. The van der Waals surface area contributed by atoms with Crippen LogP contribution in [0, 0.1) is 13.8 Å². The van der Waals surface area contributed by atoms with Crippen LogP contribution in [0.2, 0.25) is 0 Å². The molecule has 4 aromatic rings. The summed E-state index contributed by atoms with van der Waals surface area (Å²) in [6.07, 6.45) is 5.09. The lowest BCUT2D eigenvalue weighted by atomic mass is 10.1. The molecule has 0 amide bonds. The Balaban J connectivity index is 1.36. The first-order valence-corrected chi connectivity index (χ1v) is 12.8. The van der Waals surface area contributed by atoms with E-state index in [9.17, 15) is 0 Å². The summed E-state index contributed by atoms with van der Waals surface area (Å²) in [7, 11) is 0. The summed E-state index contributed by atoms with van der Waals surface area (Å²) in [6.45, 7) is 7.20. The van der Waals surface area contributed by atoms with E-state index >= 15 is 0 Å². The van der Waals surface area contributed by atoms with Crippen molar-refractivity contribution in [3.63, 3.8) is 0 Å². The number of nitrogens with two attached hydrogens (primary N) is 1. The standard InChI is InChI=1S/C29H29N5OS/c1-4-5-24-29-25(34(18-31-24)16-21-8-6-19(2)7-9-21)15-26(36-29)22-10-12-23(13-11-22)35-17-28-32-20(3)14-27(30)33-28/h5-15,18H,4,16-17H2,1-3H3,(H2,30,32,33). The van der Waals surface area contributed by atoms with Gasteiger partial charge in [0.15, 0.2) is 5.82 Å². The highest BCUT2D eigenvalue weighted by Gasteiger charge is 2.22. The molecular formula is C29H29N5OS. The van der Waals surface area contributed by atoms with Crippen molar-refractivity contribution >= 4 is 34.9 Å². The predicted octanol–water partition coefficient (Wildman–Crippen LogP) is 6.78. The molecule has 6 nitrogen and oxygen atoms in total. The van der Waals surface area contributed by atoms with Crippen molar-refractivity contribution in [2.45, 2.75) is 40.3 Å². The van der Waals surface area contributed by atoms with Crippen LogP contribution in [0.5, 0.6) is 5.75 Å². The normalized spacial score (nSPS) is 13.8. The van der Waals surface area contributed by atoms with Gasteiger partial charge >= 0.3 is 0 Å². The van der Waals surface area contributed by atoms with Crippen LogP contribution in [-0.2, 0) is 13.2 Å². The number of aliphatic imine (C=N–C) groups is 1. The van der Waals surface area contributed by atoms with E-state index in [1.165, 1.54) is 26.6 Å². The van der Waals surface area contributed by atoms with Gasteiger partial charge in [-0.05, 0) is 61.7 Å². The van der Waals surface area contributed by atoms with Gasteiger partial charge in [0, 0.05) is 23.2 Å². The Morgan fingerprint density at radius 3 is 2.50 bits per heavy atom. The molecule has 3 heterocycles. The monoisotopic (exact) mass is 495 g/mol. The molecule has 0 saturated carbocycles. The molecule has 5 rings (SSSR count). The van der Waals surface area contributed by atoms with E-state index < -0.39 is 0 Å². The van der Waals surface area contributed by atoms with Crippen molar-refractivity contribution < 1.29 is 4.74 Å². The zero-order valence-electron chi connectivity index (χ0n) is 20.7. The molecular weight excluding hydrogens is 466 g/mol. The molecule has 0 saturated heterocycles. The second-order valence-electron chi connectivity index (χ2n) is 8.84. The minimum atomic E-state index is 0.273. The Kier molecular flexibility index (Phi) is 6.82. The first-order valence-electron chi connectivity index (χ1n) is 12.0. The van der Waals surface area contributed by atoms with Gasteiger partial charge in [-0.3, -0.25) is 0 Å². The minimum absolute atomic E-state index is 0.273. The van der Waals surface area contributed by atoms with Crippen molar-refractivity contribution in [2.24, 2.45) is 4.99 Å². The van der Waals surface area contributed by atoms with Crippen molar-refractivity contribution in [1.82, 2.24) is 9.97 Å². The quantitative estimate of drug-likeness (QED) is 0.306. The minimum Gasteiger partial charge on any atom is -0.486 e. The molecule has 7 heteroatoms. The summed E-state index contributed by atoms with van der Waals surface area (Å²) in [5.41, 5.74) is 12.6. The zero-order chi connectivity index (χ0) is 25.1. The molecule has 36 heavy (non-hydrogen) atoms. The van der Waals surface area contributed by atoms with E-state index in [0.717, 1.165) is 35.7 Å². The summed E-state index contributed by atoms with van der Waals surface area (Å²) in [5, 5.41) is 0. The number of ether oxygens (including phenoxy) is 1. The topological polar surface area (TPSA) is 76.6 Å². The number of anilines is 2. The van der Waals surface area contributed by atoms with Gasteiger partial charge in [-0.25, -0.2) is 15.0 Å². The lowest BCUT2D eigenvalue weighted by Gasteiger charge is -2.24. The lowest BCUT2D eigenvalue weighted by Crippen LogP contribution is -2.23. The van der Waals surface area contributed by atoms with Crippen LogP contribution in [0.15, 0.2) is 71.7 Å². The third-order valence-electron chi connectivity index (χ3n) is 5.89. The smallest absolute Gasteiger partial charge is 0.168 e. The van der Waals surface area contributed by atoms with Crippen LogP contribution in [0.25, 0.3) is 16.1 Å². The maximum atomic E-state index is 5.90. The van der Waals surface area contributed by atoms with Gasteiger partial charge in [0.05, 0.1) is 22.6 Å². The number of benzene rings is 2. The first kappa shape index (κ1) is 23.8. The summed E-state index contributed by atoms with van der Waals surface area (Å²) in [4.78, 5) is 18.0. The van der Waals surface area contributed by atoms with Crippen molar-refractivity contribution in [3.8, 4) is 16.2 Å². The Bertz CT molecular complexity index is 1400. The molecule has 0 fully saturated rings. The molecule has 0 radical (unpaired) electrons. The van der Waals surface area contributed by atoms with Crippen LogP contribution in [0.4, 0.5) is 11.5 Å². The number of nitrogen functional groups attached to an aromatic ring is 1. The molecule has 2 aromatic heterocycles. The van der Waals surface area contributed by atoms with Crippen LogP contribution in [0.1, 0.15) is 40.9 Å². The van der Waals surface area contributed by atoms with E-state index in [4.69, 9.17) is 15.5 Å². The van der Waals surface area contributed by atoms with E-state index in [-0.39, 0.29) is 6.61 Å². The Labute approximate surface area is 215 Å². The average Bonchev–Trinajstić information content (AvgIpc) is 3.32. The maximum Gasteiger partial charge on any atom is 0.168 e. The van der Waals surface area contributed by atoms with Crippen LogP contribution >= 0.6 is 11.3 Å². The Morgan fingerprint density at radius 2 is 1.78 bits per heavy atom. The second-order valence-corrected chi connectivity index (χ2v) is 9.90. The molecule has 0 bridgehead atoms. The van der Waals surface area contributed by atoms with Gasteiger partial charge in [-0.15, -0.1) is 11.3 Å². The third-order valence-corrected chi connectivity index (χ3v) is 7.08. The van der Waals surface area contributed by atoms with Gasteiger partial charge in [0.25, 0.3) is 0 Å². The maximum absolute atomic E-state index is 5.90. The van der Waals surface area contributed by atoms with E-state index in [1.807, 2.05) is 25.4 Å². The molecule has 182 valence electrons. The lowest BCUT2D eigenvalue weighted by molar-refractivity contribution is 0.296. The molecule has 0 atom stereocenters. The molecule has 0 unspecified atom stereocenters. The van der Waals surface area contributed by atoms with Gasteiger partial charge in [0.1, 0.15) is 18.2 Å². The van der Waals surface area contributed by atoms with E-state index in [0.29, 0.717) is 11.6 Å². The van der Waals surface area contributed by atoms with E-state index in [2.05, 4.69) is 77.3 Å². The number of thiophene rings is 1. The zero-order valence-corrected chi connectivity index (χ0v) is 21.5. The third kappa shape index (κ3) is 5.31. The highest BCUT2D eigenvalue weighted by Crippen LogP contribution is 2.43. The summed E-state index contributed by atoms with van der Waals surface area (Å²) < 4.78 is 5.90. The van der Waals surface area contributed by atoms with Gasteiger partial charge in [-0.1, -0.05) is 42.8 Å².